The molecule has 2 saturated heterocycles. The van der Waals surface area contributed by atoms with Gasteiger partial charge in [-0.1, -0.05) is 91.0 Å². The van der Waals surface area contributed by atoms with E-state index in [1.807, 2.05) is 78.1 Å². The Morgan fingerprint density at radius 1 is 0.641 bits per heavy atom. The summed E-state index contributed by atoms with van der Waals surface area (Å²) >= 11 is 4.03. The predicted molar refractivity (Wildman–Crippen MR) is 159 cm³/mol. The minimum atomic E-state index is -0.561. The van der Waals surface area contributed by atoms with Gasteiger partial charge in [0.2, 0.25) is 0 Å². The molecule has 2 aliphatic heterocycles. The van der Waals surface area contributed by atoms with E-state index in [2.05, 4.69) is 36.4 Å². The van der Waals surface area contributed by atoms with Crippen LogP contribution in [0.3, 0.4) is 0 Å². The van der Waals surface area contributed by atoms with Crippen molar-refractivity contribution in [2.75, 3.05) is 18.6 Å². The Hall–Kier alpha value is -1.84. The van der Waals surface area contributed by atoms with Gasteiger partial charge in [0.15, 0.2) is 6.29 Å². The molecule has 0 aromatic heterocycles. The molecular weight excluding hydrogens is 528 g/mol. The van der Waals surface area contributed by atoms with Crippen LogP contribution in [0.15, 0.2) is 91.0 Å². The van der Waals surface area contributed by atoms with Crippen LogP contribution < -0.4 is 0 Å². The first kappa shape index (κ1) is 28.7. The summed E-state index contributed by atoms with van der Waals surface area (Å²) in [5.41, 5.74) is 3.32. The van der Waals surface area contributed by atoms with Crippen molar-refractivity contribution in [3.05, 3.63) is 108 Å². The molecule has 5 nitrogen and oxygen atoms in total. The van der Waals surface area contributed by atoms with E-state index in [1.165, 1.54) is 17.9 Å². The minimum absolute atomic E-state index is 0.181. The van der Waals surface area contributed by atoms with Crippen molar-refractivity contribution in [3.8, 4) is 0 Å². The number of ether oxygens (including phenoxy) is 5. The van der Waals surface area contributed by atoms with Crippen LogP contribution in [0.1, 0.15) is 29.5 Å². The normalized spacial score (nSPS) is 25.9. The summed E-state index contributed by atoms with van der Waals surface area (Å²) in [6.07, 6.45) is 0.232. The maximum absolute atomic E-state index is 6.70. The van der Waals surface area contributed by atoms with E-state index in [4.69, 9.17) is 23.7 Å². The SMILES string of the molecule is CO[C@H]1O[C@H](CC2SCCCS2)[C@@H](OCc2ccccc2)[C@H](OCc2ccccc2)[C@@H]1OCc1ccccc1. The second kappa shape index (κ2) is 15.2. The van der Waals surface area contributed by atoms with Gasteiger partial charge in [-0.15, -0.1) is 23.5 Å². The summed E-state index contributed by atoms with van der Waals surface area (Å²) in [6, 6.07) is 30.7. The second-order valence-electron chi connectivity index (χ2n) is 9.82. The molecule has 0 N–H and O–H groups in total. The molecule has 2 heterocycles. The fraction of sp³-hybridized carbons (Fsp3) is 0.438. The van der Waals surface area contributed by atoms with Gasteiger partial charge in [0.05, 0.1) is 30.5 Å². The molecule has 2 fully saturated rings. The Kier molecular flexibility index (Phi) is 11.2. The van der Waals surface area contributed by atoms with Gasteiger partial charge in [0.1, 0.15) is 18.3 Å². The molecule has 0 spiro atoms. The lowest BCUT2D eigenvalue weighted by Gasteiger charge is -2.46. The average Bonchev–Trinajstić information content (AvgIpc) is 3.00. The molecule has 39 heavy (non-hydrogen) atoms. The van der Waals surface area contributed by atoms with Crippen molar-refractivity contribution in [2.24, 2.45) is 0 Å². The van der Waals surface area contributed by atoms with Gasteiger partial charge in [0, 0.05) is 7.11 Å². The van der Waals surface area contributed by atoms with Crippen LogP contribution in [-0.2, 0) is 43.5 Å². The van der Waals surface area contributed by atoms with Gasteiger partial charge in [-0.2, -0.15) is 0 Å². The molecule has 5 rings (SSSR count). The highest BCUT2D eigenvalue weighted by Gasteiger charge is 2.49. The van der Waals surface area contributed by atoms with Crippen molar-refractivity contribution in [2.45, 2.75) is 68.0 Å². The summed E-state index contributed by atoms with van der Waals surface area (Å²) in [7, 11) is 1.68. The summed E-state index contributed by atoms with van der Waals surface area (Å²) in [5, 5.41) is 0. The Labute approximate surface area is 240 Å². The van der Waals surface area contributed by atoms with Crippen molar-refractivity contribution in [1.29, 1.82) is 0 Å². The molecule has 0 radical (unpaired) electrons. The lowest BCUT2D eigenvalue weighted by atomic mass is 9.96. The van der Waals surface area contributed by atoms with Gasteiger partial charge in [0.25, 0.3) is 0 Å². The van der Waals surface area contributed by atoms with E-state index in [0.29, 0.717) is 24.4 Å². The maximum atomic E-state index is 6.70. The molecule has 0 saturated carbocycles. The monoisotopic (exact) mass is 566 g/mol. The standard InChI is InChI=1S/C32H38O5S2/c1-33-32-31(36-23-26-16-9-4-10-17-26)30(35-22-25-14-7-3-8-15-25)29(34-21-24-12-5-2-6-13-24)27(37-32)20-28-38-18-11-19-39-28/h2-10,12-17,27-32H,11,18-23H2,1H3/t27-,29-,30+,31+,32+/m1/s1. The Balaban J connectivity index is 1.41. The maximum Gasteiger partial charge on any atom is 0.186 e. The van der Waals surface area contributed by atoms with Crippen LogP contribution in [0.4, 0.5) is 0 Å². The van der Waals surface area contributed by atoms with E-state index in [9.17, 15) is 0 Å². The van der Waals surface area contributed by atoms with Crippen LogP contribution in [0, 0.1) is 0 Å². The molecule has 3 aromatic rings. The fourth-order valence-electron chi connectivity index (χ4n) is 4.99. The van der Waals surface area contributed by atoms with Crippen molar-refractivity contribution in [3.63, 3.8) is 0 Å². The average molecular weight is 567 g/mol. The highest BCUT2D eigenvalue weighted by molar-refractivity contribution is 8.17. The summed E-state index contributed by atoms with van der Waals surface area (Å²) in [4.78, 5) is 0. The van der Waals surface area contributed by atoms with E-state index in [-0.39, 0.29) is 18.3 Å². The molecule has 208 valence electrons. The molecule has 0 bridgehead atoms. The number of benzene rings is 3. The molecule has 0 aliphatic carbocycles. The van der Waals surface area contributed by atoms with Gasteiger partial charge < -0.3 is 23.7 Å². The third-order valence-electron chi connectivity index (χ3n) is 7.00. The van der Waals surface area contributed by atoms with E-state index < -0.39 is 12.4 Å². The minimum Gasteiger partial charge on any atom is -0.368 e. The number of rotatable bonds is 12. The first-order chi connectivity index (χ1) is 19.3. The Morgan fingerprint density at radius 2 is 1.10 bits per heavy atom. The van der Waals surface area contributed by atoms with Crippen LogP contribution in [0.5, 0.6) is 0 Å². The summed E-state index contributed by atoms with van der Waals surface area (Å²) in [6.45, 7) is 1.37. The van der Waals surface area contributed by atoms with Crippen LogP contribution >= 0.6 is 23.5 Å². The molecule has 7 heteroatoms. The van der Waals surface area contributed by atoms with Crippen LogP contribution in [0.25, 0.3) is 0 Å². The summed E-state index contributed by atoms with van der Waals surface area (Å²) in [5.74, 6) is 2.37. The van der Waals surface area contributed by atoms with E-state index in [1.54, 1.807) is 7.11 Å². The highest BCUT2D eigenvalue weighted by atomic mass is 32.2. The second-order valence-corrected chi connectivity index (χ2v) is 12.7. The zero-order valence-corrected chi connectivity index (χ0v) is 24.1. The zero-order valence-electron chi connectivity index (χ0n) is 22.4. The zero-order chi connectivity index (χ0) is 26.7. The number of hydrogen-bond acceptors (Lipinski definition) is 7. The summed E-state index contributed by atoms with van der Waals surface area (Å²) < 4.78 is 32.9. The third kappa shape index (κ3) is 8.33. The lowest BCUT2D eigenvalue weighted by molar-refractivity contribution is -0.318. The van der Waals surface area contributed by atoms with E-state index in [0.717, 1.165) is 23.1 Å². The first-order valence-electron chi connectivity index (χ1n) is 13.7. The third-order valence-corrected chi connectivity index (χ3v) is 9.99. The molecule has 0 amide bonds. The number of hydrogen-bond donors (Lipinski definition) is 0. The predicted octanol–water partition coefficient (Wildman–Crippen LogP) is 6.70. The lowest BCUT2D eigenvalue weighted by Crippen LogP contribution is -2.61. The van der Waals surface area contributed by atoms with E-state index >= 15 is 0 Å². The van der Waals surface area contributed by atoms with Crippen molar-refractivity contribution >= 4 is 23.5 Å². The van der Waals surface area contributed by atoms with Gasteiger partial charge >= 0.3 is 0 Å². The molecule has 2 aliphatic rings. The smallest absolute Gasteiger partial charge is 0.186 e. The van der Waals surface area contributed by atoms with Gasteiger partial charge in [-0.3, -0.25) is 0 Å². The molecule has 3 aromatic carbocycles. The number of thioether (sulfide) groups is 2. The van der Waals surface area contributed by atoms with Crippen LogP contribution in [-0.4, -0.2) is 53.9 Å². The Bertz CT molecular complexity index is 1080. The fourth-order valence-corrected chi connectivity index (χ4v) is 7.93. The van der Waals surface area contributed by atoms with Crippen LogP contribution in [0.2, 0.25) is 0 Å². The first-order valence-corrected chi connectivity index (χ1v) is 15.8. The molecule has 5 atom stereocenters. The van der Waals surface area contributed by atoms with Crippen molar-refractivity contribution in [1.82, 2.24) is 0 Å². The van der Waals surface area contributed by atoms with Gasteiger partial charge in [-0.05, 0) is 41.0 Å². The molecular formula is C32H38O5S2. The topological polar surface area (TPSA) is 46.2 Å². The Morgan fingerprint density at radius 3 is 1.59 bits per heavy atom. The quantitative estimate of drug-likeness (QED) is 0.242. The molecule has 0 unspecified atom stereocenters. The largest absolute Gasteiger partial charge is 0.368 e. The van der Waals surface area contributed by atoms with Crippen molar-refractivity contribution < 1.29 is 23.7 Å². The highest BCUT2D eigenvalue weighted by Crippen LogP contribution is 2.39. The van der Waals surface area contributed by atoms with Gasteiger partial charge in [-0.25, -0.2) is 0 Å². The number of methoxy groups -OCH3 is 1.